The molecule has 1 aromatic heterocycles. The first kappa shape index (κ1) is 14.9. The van der Waals surface area contributed by atoms with E-state index in [-0.39, 0.29) is 0 Å². The Morgan fingerprint density at radius 3 is 2.42 bits per heavy atom. The molecular formula is C15H26ClN3. The third-order valence-corrected chi connectivity index (χ3v) is 5.01. The van der Waals surface area contributed by atoms with E-state index in [1.807, 2.05) is 7.05 Å². The Morgan fingerprint density at radius 1 is 1.32 bits per heavy atom. The highest BCUT2D eigenvalue weighted by molar-refractivity contribution is 6.30. The van der Waals surface area contributed by atoms with Gasteiger partial charge in [0.2, 0.25) is 0 Å². The van der Waals surface area contributed by atoms with Gasteiger partial charge in [0.1, 0.15) is 5.15 Å². The molecule has 0 amide bonds. The minimum atomic E-state index is 0.526. The van der Waals surface area contributed by atoms with Crippen LogP contribution in [0.2, 0.25) is 5.15 Å². The fourth-order valence-electron chi connectivity index (χ4n) is 3.34. The van der Waals surface area contributed by atoms with E-state index in [2.05, 4.69) is 24.4 Å². The van der Waals surface area contributed by atoms with E-state index in [0.29, 0.717) is 6.04 Å². The van der Waals surface area contributed by atoms with E-state index >= 15 is 0 Å². The number of nitrogens with one attached hydrogen (secondary N) is 1. The van der Waals surface area contributed by atoms with Crippen molar-refractivity contribution in [2.75, 3.05) is 7.05 Å². The second-order valence-electron chi connectivity index (χ2n) is 5.83. The number of halogens is 1. The topological polar surface area (TPSA) is 29.9 Å². The van der Waals surface area contributed by atoms with Crippen LogP contribution in [0.5, 0.6) is 0 Å². The molecule has 3 nitrogen and oxygen atoms in total. The molecule has 1 saturated carbocycles. The standard InChI is InChI=1S/C15H26ClN3/c1-11-13(15(16)19(3)18-11)10-14(17-2)12-8-6-4-5-7-9-12/h12,14,17H,4-10H2,1-3H3. The molecule has 1 unspecified atom stereocenters. The predicted octanol–water partition coefficient (Wildman–Crippen LogP) is 3.48. The van der Waals surface area contributed by atoms with Crippen LogP contribution >= 0.6 is 11.6 Å². The Bertz CT molecular complexity index is 406. The lowest BCUT2D eigenvalue weighted by Gasteiger charge is -2.26. The van der Waals surface area contributed by atoms with Crippen LogP contribution in [-0.2, 0) is 13.5 Å². The quantitative estimate of drug-likeness (QED) is 0.858. The van der Waals surface area contributed by atoms with Crippen LogP contribution in [0.3, 0.4) is 0 Å². The maximum absolute atomic E-state index is 6.36. The zero-order valence-corrected chi connectivity index (χ0v) is 13.1. The number of nitrogens with zero attached hydrogens (tertiary/aromatic N) is 2. The van der Waals surface area contributed by atoms with E-state index in [0.717, 1.165) is 23.2 Å². The van der Waals surface area contributed by atoms with Gasteiger partial charge in [0, 0.05) is 18.7 Å². The van der Waals surface area contributed by atoms with Crippen LogP contribution in [0, 0.1) is 12.8 Å². The maximum atomic E-state index is 6.36. The summed E-state index contributed by atoms with van der Waals surface area (Å²) < 4.78 is 1.78. The predicted molar refractivity (Wildman–Crippen MR) is 80.7 cm³/mol. The largest absolute Gasteiger partial charge is 0.316 e. The Hall–Kier alpha value is -0.540. The SMILES string of the molecule is CNC(Cc1c(C)nn(C)c1Cl)C1CCCCCC1. The van der Waals surface area contributed by atoms with Gasteiger partial charge in [-0.25, -0.2) is 0 Å². The number of hydrogen-bond donors (Lipinski definition) is 1. The Labute approximate surface area is 121 Å². The highest BCUT2D eigenvalue weighted by Crippen LogP contribution is 2.29. The van der Waals surface area contributed by atoms with Crippen molar-refractivity contribution >= 4 is 11.6 Å². The second-order valence-corrected chi connectivity index (χ2v) is 6.19. The van der Waals surface area contributed by atoms with Crippen molar-refractivity contribution < 1.29 is 0 Å². The Kier molecular flexibility index (Phi) is 5.28. The smallest absolute Gasteiger partial charge is 0.130 e. The number of rotatable bonds is 4. The minimum absolute atomic E-state index is 0.526. The van der Waals surface area contributed by atoms with E-state index in [1.54, 1.807) is 4.68 Å². The molecule has 1 aliphatic rings. The van der Waals surface area contributed by atoms with Crippen molar-refractivity contribution in [2.45, 2.75) is 57.9 Å². The van der Waals surface area contributed by atoms with Crippen molar-refractivity contribution in [1.29, 1.82) is 0 Å². The summed E-state index contributed by atoms with van der Waals surface area (Å²) in [5, 5.41) is 8.73. The van der Waals surface area contributed by atoms with Crippen LogP contribution < -0.4 is 5.32 Å². The van der Waals surface area contributed by atoms with Crippen molar-refractivity contribution in [2.24, 2.45) is 13.0 Å². The summed E-state index contributed by atoms with van der Waals surface area (Å²) in [4.78, 5) is 0. The molecule has 2 rings (SSSR count). The molecule has 0 aliphatic heterocycles. The van der Waals surface area contributed by atoms with Crippen LogP contribution in [-0.4, -0.2) is 22.9 Å². The Balaban J connectivity index is 2.09. The molecule has 1 aliphatic carbocycles. The maximum Gasteiger partial charge on any atom is 0.130 e. The van der Waals surface area contributed by atoms with E-state index in [1.165, 1.54) is 44.1 Å². The van der Waals surface area contributed by atoms with Crippen molar-refractivity contribution in [3.63, 3.8) is 0 Å². The summed E-state index contributed by atoms with van der Waals surface area (Å²) >= 11 is 6.36. The van der Waals surface area contributed by atoms with Gasteiger partial charge in [-0.3, -0.25) is 4.68 Å². The van der Waals surface area contributed by atoms with Crippen LogP contribution in [0.1, 0.15) is 49.8 Å². The molecule has 1 N–H and O–H groups in total. The zero-order chi connectivity index (χ0) is 13.8. The molecule has 0 saturated heterocycles. The summed E-state index contributed by atoms with van der Waals surface area (Å²) in [5.41, 5.74) is 2.29. The third kappa shape index (κ3) is 3.51. The normalized spacial score (nSPS) is 19.4. The van der Waals surface area contributed by atoms with E-state index in [9.17, 15) is 0 Å². The highest BCUT2D eigenvalue weighted by Gasteiger charge is 2.24. The molecule has 0 radical (unpaired) electrons. The zero-order valence-electron chi connectivity index (χ0n) is 12.4. The van der Waals surface area contributed by atoms with Gasteiger partial charge in [0.15, 0.2) is 0 Å². The van der Waals surface area contributed by atoms with Gasteiger partial charge in [-0.05, 0) is 39.2 Å². The average molecular weight is 284 g/mol. The first-order valence-corrected chi connectivity index (χ1v) is 7.86. The summed E-state index contributed by atoms with van der Waals surface area (Å²) in [7, 11) is 3.99. The van der Waals surface area contributed by atoms with Gasteiger partial charge in [0.05, 0.1) is 5.69 Å². The second kappa shape index (κ2) is 6.76. The first-order valence-electron chi connectivity index (χ1n) is 7.48. The molecule has 0 spiro atoms. The molecule has 19 heavy (non-hydrogen) atoms. The van der Waals surface area contributed by atoms with E-state index in [4.69, 9.17) is 11.6 Å². The molecule has 0 aromatic carbocycles. The summed E-state index contributed by atoms with van der Waals surface area (Å²) in [5.74, 6) is 0.781. The molecular weight excluding hydrogens is 258 g/mol. The van der Waals surface area contributed by atoms with Crippen LogP contribution in [0.15, 0.2) is 0 Å². The summed E-state index contributed by atoms with van der Waals surface area (Å²) in [6.45, 7) is 2.06. The number of aryl methyl sites for hydroxylation is 2. The number of likely N-dealkylation sites (N-methyl/N-ethyl adjacent to an activating group) is 1. The fraction of sp³-hybridized carbons (Fsp3) is 0.800. The molecule has 0 bridgehead atoms. The van der Waals surface area contributed by atoms with Gasteiger partial charge in [-0.1, -0.05) is 37.3 Å². The van der Waals surface area contributed by atoms with E-state index < -0.39 is 0 Å². The molecule has 1 aromatic rings. The Morgan fingerprint density at radius 2 is 1.95 bits per heavy atom. The van der Waals surface area contributed by atoms with Gasteiger partial charge in [-0.15, -0.1) is 0 Å². The van der Waals surface area contributed by atoms with Crippen molar-refractivity contribution in [3.05, 3.63) is 16.4 Å². The van der Waals surface area contributed by atoms with Crippen LogP contribution in [0.25, 0.3) is 0 Å². The van der Waals surface area contributed by atoms with Crippen LogP contribution in [0.4, 0.5) is 0 Å². The average Bonchev–Trinajstić information content (AvgIpc) is 2.64. The van der Waals surface area contributed by atoms with Gasteiger partial charge in [-0.2, -0.15) is 5.10 Å². The first-order chi connectivity index (χ1) is 9.13. The molecule has 4 heteroatoms. The summed E-state index contributed by atoms with van der Waals surface area (Å²) in [6, 6.07) is 0.526. The van der Waals surface area contributed by atoms with Gasteiger partial charge in [0.25, 0.3) is 0 Å². The molecule has 1 fully saturated rings. The fourth-order valence-corrected chi connectivity index (χ4v) is 3.60. The third-order valence-electron chi connectivity index (χ3n) is 4.53. The summed E-state index contributed by atoms with van der Waals surface area (Å²) in [6.07, 6.45) is 9.26. The number of hydrogen-bond acceptors (Lipinski definition) is 2. The highest BCUT2D eigenvalue weighted by atomic mass is 35.5. The lowest BCUT2D eigenvalue weighted by Crippen LogP contribution is -2.35. The lowest BCUT2D eigenvalue weighted by atomic mass is 9.88. The minimum Gasteiger partial charge on any atom is -0.316 e. The van der Waals surface area contributed by atoms with Gasteiger partial charge < -0.3 is 5.32 Å². The molecule has 1 heterocycles. The van der Waals surface area contributed by atoms with Crippen molar-refractivity contribution in [3.8, 4) is 0 Å². The lowest BCUT2D eigenvalue weighted by molar-refractivity contribution is 0.332. The molecule has 108 valence electrons. The van der Waals surface area contributed by atoms with Gasteiger partial charge >= 0.3 is 0 Å². The monoisotopic (exact) mass is 283 g/mol. The van der Waals surface area contributed by atoms with Crippen molar-refractivity contribution in [1.82, 2.24) is 15.1 Å². The number of aromatic nitrogens is 2. The molecule has 1 atom stereocenters.